The van der Waals surface area contributed by atoms with Crippen LogP contribution in [0.25, 0.3) is 5.57 Å². The van der Waals surface area contributed by atoms with E-state index in [-0.39, 0.29) is 30.1 Å². The molecule has 2 aliphatic heterocycles. The number of pyridine rings is 1. The number of hydrogen-bond acceptors (Lipinski definition) is 5. The van der Waals surface area contributed by atoms with E-state index in [4.69, 9.17) is 28.6 Å². The minimum atomic E-state index is -0.262. The molecule has 2 N–H and O–H groups in total. The molecule has 0 radical (unpaired) electrons. The molecule has 2 aliphatic rings. The lowest BCUT2D eigenvalue weighted by atomic mass is 9.86. The van der Waals surface area contributed by atoms with E-state index in [1.165, 1.54) is 12.7 Å². The van der Waals surface area contributed by atoms with Gasteiger partial charge in [-0.15, -0.1) is 0 Å². The fourth-order valence-corrected chi connectivity index (χ4v) is 6.23. The zero-order valence-corrected chi connectivity index (χ0v) is 25.2. The van der Waals surface area contributed by atoms with Gasteiger partial charge in [0.2, 0.25) is 5.91 Å². The molecular weight excluding hydrogens is 542 g/mol. The fraction of sp³-hybridized carbons (Fsp3) is 0.323. The number of hydrogen-bond donors (Lipinski definition) is 2. The number of anilines is 3. The third kappa shape index (κ3) is 5.07. The van der Waals surface area contributed by atoms with E-state index in [1.807, 2.05) is 43.3 Å². The first-order valence-corrected chi connectivity index (χ1v) is 14.0. The summed E-state index contributed by atoms with van der Waals surface area (Å²) in [5.74, 6) is -0.206. The van der Waals surface area contributed by atoms with E-state index in [0.717, 1.165) is 39.4 Å². The molecule has 2 atom stereocenters. The highest BCUT2D eigenvalue weighted by Crippen LogP contribution is 2.48. The van der Waals surface area contributed by atoms with Crippen LogP contribution in [0, 0.1) is 6.92 Å². The lowest BCUT2D eigenvalue weighted by Crippen LogP contribution is -2.42. The Balaban J connectivity index is 1.63. The fourth-order valence-electron chi connectivity index (χ4n) is 5.62. The average molecular weight is 576 g/mol. The van der Waals surface area contributed by atoms with Crippen molar-refractivity contribution >= 4 is 57.5 Å². The minimum absolute atomic E-state index is 0.00772. The number of aromatic nitrogens is 1. The molecule has 0 aliphatic carbocycles. The predicted molar refractivity (Wildman–Crippen MR) is 167 cm³/mol. The molecule has 40 heavy (non-hydrogen) atoms. The Morgan fingerprint density at radius 1 is 1.20 bits per heavy atom. The minimum Gasteiger partial charge on any atom is -0.375 e. The van der Waals surface area contributed by atoms with Gasteiger partial charge in [0.05, 0.1) is 23.3 Å². The van der Waals surface area contributed by atoms with Gasteiger partial charge in [0.1, 0.15) is 6.61 Å². The summed E-state index contributed by atoms with van der Waals surface area (Å²) in [5, 5.41) is 7.66. The molecule has 7 nitrogen and oxygen atoms in total. The molecule has 0 spiro atoms. The first-order chi connectivity index (χ1) is 19.0. The van der Waals surface area contributed by atoms with Gasteiger partial charge in [-0.05, 0) is 99.1 Å². The first-order valence-electron chi connectivity index (χ1n) is 13.2. The van der Waals surface area contributed by atoms with Gasteiger partial charge in [-0.3, -0.25) is 9.78 Å². The second-order valence-corrected chi connectivity index (χ2v) is 11.7. The molecule has 5 rings (SSSR count). The molecular formula is C31H34ClN5O2S. The van der Waals surface area contributed by atoms with E-state index in [9.17, 15) is 4.79 Å². The Morgan fingerprint density at radius 2 is 1.98 bits per heavy atom. The number of benzene rings is 2. The van der Waals surface area contributed by atoms with Crippen LogP contribution < -0.4 is 20.4 Å². The maximum absolute atomic E-state index is 12.1. The summed E-state index contributed by atoms with van der Waals surface area (Å²) < 4.78 is 4.96. The maximum Gasteiger partial charge on any atom is 0.250 e. The van der Waals surface area contributed by atoms with E-state index < -0.39 is 0 Å². The number of nitrogens with one attached hydrogen (secondary N) is 2. The second kappa shape index (κ2) is 10.8. The van der Waals surface area contributed by atoms with Crippen molar-refractivity contribution < 1.29 is 9.53 Å². The van der Waals surface area contributed by atoms with E-state index in [0.29, 0.717) is 10.1 Å². The highest BCUT2D eigenvalue weighted by Gasteiger charge is 2.42. The van der Waals surface area contributed by atoms with Crippen LogP contribution in [0.4, 0.5) is 17.1 Å². The Bertz CT molecular complexity index is 1510. The molecule has 0 bridgehead atoms. The third-order valence-electron chi connectivity index (χ3n) is 7.79. The Labute approximate surface area is 246 Å². The summed E-state index contributed by atoms with van der Waals surface area (Å²) >= 11 is 13.1. The summed E-state index contributed by atoms with van der Waals surface area (Å²) in [5.41, 5.74) is 7.67. The van der Waals surface area contributed by atoms with Crippen molar-refractivity contribution in [3.8, 4) is 0 Å². The largest absolute Gasteiger partial charge is 0.375 e. The summed E-state index contributed by atoms with van der Waals surface area (Å²) in [4.78, 5) is 21.2. The monoisotopic (exact) mass is 575 g/mol. The van der Waals surface area contributed by atoms with Crippen molar-refractivity contribution in [3.05, 3.63) is 88.2 Å². The highest BCUT2D eigenvalue weighted by atomic mass is 35.5. The van der Waals surface area contributed by atoms with Crippen molar-refractivity contribution in [2.75, 3.05) is 35.9 Å². The molecule has 3 heterocycles. The van der Waals surface area contributed by atoms with Gasteiger partial charge in [-0.2, -0.15) is 0 Å². The van der Waals surface area contributed by atoms with Crippen molar-refractivity contribution in [2.45, 2.75) is 45.3 Å². The molecule has 0 saturated carbocycles. The molecule has 1 amide bonds. The standard InChI is InChI=1S/C31H34ClN5O2S/c1-18-13-20(10-11-24(18)34-27(38)17-39-6)37-29(28(35-30(37)40)25-9-7-8-12-33-25)22-14-21-19(2)16-31(3,4)36(5)26(21)15-23(22)32/h7-16,28-29H,17H2,1-6H3,(H,34,38)(H,35,40)/t28-,29+/m1/s1. The van der Waals surface area contributed by atoms with Crippen molar-refractivity contribution in [3.63, 3.8) is 0 Å². The van der Waals surface area contributed by atoms with Crippen LogP contribution in [0.2, 0.25) is 5.02 Å². The average Bonchev–Trinajstić information content (AvgIpc) is 3.25. The van der Waals surface area contributed by atoms with Crippen LogP contribution >= 0.6 is 23.8 Å². The smallest absolute Gasteiger partial charge is 0.250 e. The number of carbonyl (C=O) groups excluding carboxylic acids is 1. The number of likely N-dealkylation sites (N-methyl/N-ethyl adjacent to an activating group) is 1. The van der Waals surface area contributed by atoms with Crippen LogP contribution in [-0.4, -0.2) is 42.3 Å². The molecule has 208 valence electrons. The van der Waals surface area contributed by atoms with Crippen LogP contribution in [0.1, 0.15) is 55.2 Å². The third-order valence-corrected chi connectivity index (χ3v) is 8.43. The van der Waals surface area contributed by atoms with Crippen molar-refractivity contribution in [2.24, 2.45) is 0 Å². The maximum atomic E-state index is 12.1. The molecule has 1 aromatic heterocycles. The number of aryl methyl sites for hydroxylation is 1. The van der Waals surface area contributed by atoms with E-state index >= 15 is 0 Å². The van der Waals surface area contributed by atoms with Gasteiger partial charge in [0.25, 0.3) is 0 Å². The van der Waals surface area contributed by atoms with Gasteiger partial charge in [0.15, 0.2) is 5.11 Å². The number of ether oxygens (including phenoxy) is 1. The summed E-state index contributed by atoms with van der Waals surface area (Å²) in [7, 11) is 3.60. The number of nitrogens with zero attached hydrogens (tertiary/aromatic N) is 3. The molecule has 1 fully saturated rings. The lowest BCUT2D eigenvalue weighted by Gasteiger charge is -2.41. The van der Waals surface area contributed by atoms with Crippen LogP contribution in [0.3, 0.4) is 0 Å². The topological polar surface area (TPSA) is 69.7 Å². The van der Waals surface area contributed by atoms with Crippen molar-refractivity contribution in [1.82, 2.24) is 10.3 Å². The van der Waals surface area contributed by atoms with Gasteiger partial charge < -0.3 is 25.2 Å². The lowest BCUT2D eigenvalue weighted by molar-refractivity contribution is -0.119. The predicted octanol–water partition coefficient (Wildman–Crippen LogP) is 6.44. The van der Waals surface area contributed by atoms with Crippen LogP contribution in [0.5, 0.6) is 0 Å². The summed E-state index contributed by atoms with van der Waals surface area (Å²) in [6.07, 6.45) is 4.08. The molecule has 0 unspecified atom stereocenters. The number of thiocarbonyl (C=S) groups is 1. The molecule has 3 aromatic rings. The van der Waals surface area contributed by atoms with E-state index in [1.54, 1.807) is 6.20 Å². The summed E-state index contributed by atoms with van der Waals surface area (Å²) in [6.45, 7) is 8.50. The van der Waals surface area contributed by atoms with Crippen LogP contribution in [0.15, 0.2) is 60.8 Å². The van der Waals surface area contributed by atoms with Crippen molar-refractivity contribution in [1.29, 1.82) is 0 Å². The highest BCUT2D eigenvalue weighted by molar-refractivity contribution is 7.80. The number of allylic oxidation sites excluding steroid dienone is 1. The number of methoxy groups -OCH3 is 1. The molecule has 2 aromatic carbocycles. The number of halogens is 1. The van der Waals surface area contributed by atoms with Gasteiger partial charge in [-0.25, -0.2) is 0 Å². The Kier molecular flexibility index (Phi) is 7.61. The Hall–Kier alpha value is -3.46. The molecule has 9 heteroatoms. The second-order valence-electron chi connectivity index (χ2n) is 10.9. The quantitative estimate of drug-likeness (QED) is 0.328. The first kappa shape index (κ1) is 28.1. The number of rotatable bonds is 6. The Morgan fingerprint density at radius 3 is 2.65 bits per heavy atom. The van der Waals surface area contributed by atoms with Crippen LogP contribution in [-0.2, 0) is 9.53 Å². The summed E-state index contributed by atoms with van der Waals surface area (Å²) in [6, 6.07) is 15.5. The zero-order chi connectivity index (χ0) is 28.8. The van der Waals surface area contributed by atoms with Gasteiger partial charge in [-0.1, -0.05) is 23.7 Å². The van der Waals surface area contributed by atoms with Gasteiger partial charge >= 0.3 is 0 Å². The SMILES string of the molecule is COCC(=O)Nc1ccc(N2C(=S)N[C@H](c3ccccn3)[C@@H]2c2cc3c(cc2Cl)N(C)C(C)(C)C=C3C)cc1C. The van der Waals surface area contributed by atoms with Gasteiger partial charge in [0, 0.05) is 48.0 Å². The normalized spacial score (nSPS) is 19.7. The number of carbonyl (C=O) groups is 1. The number of amides is 1. The molecule has 1 saturated heterocycles. The van der Waals surface area contributed by atoms with E-state index in [2.05, 4.69) is 71.4 Å². The number of fused-ring (bicyclic) bond motifs is 1. The zero-order valence-electron chi connectivity index (χ0n) is 23.6.